The van der Waals surface area contributed by atoms with Crippen molar-refractivity contribution in [1.82, 2.24) is 5.32 Å². The van der Waals surface area contributed by atoms with E-state index in [4.69, 9.17) is 9.47 Å². The quantitative estimate of drug-likeness (QED) is 0.719. The SMILES string of the molecule is COc1ccc(OC(C)CCCNC(C)C)cc1. The molecule has 102 valence electrons. The smallest absolute Gasteiger partial charge is 0.119 e. The molecule has 0 amide bonds. The van der Waals surface area contributed by atoms with Crippen molar-refractivity contribution in [2.75, 3.05) is 13.7 Å². The number of ether oxygens (including phenoxy) is 2. The average Bonchev–Trinajstić information content (AvgIpc) is 2.35. The molecule has 0 aliphatic heterocycles. The van der Waals surface area contributed by atoms with Crippen LogP contribution < -0.4 is 14.8 Å². The highest BCUT2D eigenvalue weighted by Crippen LogP contribution is 2.19. The van der Waals surface area contributed by atoms with Gasteiger partial charge in [-0.2, -0.15) is 0 Å². The van der Waals surface area contributed by atoms with E-state index in [2.05, 4.69) is 26.1 Å². The summed E-state index contributed by atoms with van der Waals surface area (Å²) in [6, 6.07) is 8.29. The molecule has 1 N–H and O–H groups in total. The molecule has 1 aromatic rings. The molecule has 18 heavy (non-hydrogen) atoms. The van der Waals surface area contributed by atoms with E-state index in [1.54, 1.807) is 7.11 Å². The van der Waals surface area contributed by atoms with Crippen LogP contribution in [0.15, 0.2) is 24.3 Å². The van der Waals surface area contributed by atoms with Gasteiger partial charge in [-0.25, -0.2) is 0 Å². The van der Waals surface area contributed by atoms with Crippen molar-refractivity contribution in [2.45, 2.75) is 45.8 Å². The Morgan fingerprint density at radius 3 is 2.22 bits per heavy atom. The first-order valence-corrected chi connectivity index (χ1v) is 6.66. The lowest BCUT2D eigenvalue weighted by Gasteiger charge is -2.15. The van der Waals surface area contributed by atoms with Crippen molar-refractivity contribution in [3.05, 3.63) is 24.3 Å². The Morgan fingerprint density at radius 1 is 1.06 bits per heavy atom. The molecule has 0 aliphatic carbocycles. The normalized spacial score (nSPS) is 12.5. The molecule has 1 atom stereocenters. The van der Waals surface area contributed by atoms with Crippen LogP contribution in [0.2, 0.25) is 0 Å². The van der Waals surface area contributed by atoms with Crippen molar-refractivity contribution in [3.8, 4) is 11.5 Å². The molecular weight excluding hydrogens is 226 g/mol. The third-order valence-electron chi connectivity index (χ3n) is 2.74. The van der Waals surface area contributed by atoms with Gasteiger partial charge >= 0.3 is 0 Å². The fraction of sp³-hybridized carbons (Fsp3) is 0.600. The molecule has 0 spiro atoms. The monoisotopic (exact) mass is 251 g/mol. The number of nitrogens with one attached hydrogen (secondary N) is 1. The van der Waals surface area contributed by atoms with Gasteiger partial charge in [0, 0.05) is 6.04 Å². The van der Waals surface area contributed by atoms with Crippen LogP contribution in [-0.2, 0) is 0 Å². The molecule has 1 rings (SSSR count). The van der Waals surface area contributed by atoms with E-state index in [0.29, 0.717) is 6.04 Å². The van der Waals surface area contributed by atoms with E-state index in [1.165, 1.54) is 0 Å². The first kappa shape index (κ1) is 14.8. The maximum atomic E-state index is 5.84. The van der Waals surface area contributed by atoms with Crippen LogP contribution in [0.5, 0.6) is 11.5 Å². The van der Waals surface area contributed by atoms with Gasteiger partial charge in [-0.15, -0.1) is 0 Å². The van der Waals surface area contributed by atoms with Crippen LogP contribution in [0, 0.1) is 0 Å². The third-order valence-corrected chi connectivity index (χ3v) is 2.74. The molecule has 0 aliphatic rings. The number of hydrogen-bond donors (Lipinski definition) is 1. The zero-order valence-corrected chi connectivity index (χ0v) is 11.9. The highest BCUT2D eigenvalue weighted by atomic mass is 16.5. The van der Waals surface area contributed by atoms with Crippen LogP contribution >= 0.6 is 0 Å². The van der Waals surface area contributed by atoms with Gasteiger partial charge in [0.15, 0.2) is 0 Å². The van der Waals surface area contributed by atoms with Crippen molar-refractivity contribution in [2.24, 2.45) is 0 Å². The second-order valence-electron chi connectivity index (χ2n) is 4.86. The second-order valence-corrected chi connectivity index (χ2v) is 4.86. The fourth-order valence-electron chi connectivity index (χ4n) is 1.73. The lowest BCUT2D eigenvalue weighted by molar-refractivity contribution is 0.207. The molecule has 0 saturated carbocycles. The highest BCUT2D eigenvalue weighted by molar-refractivity contribution is 5.31. The summed E-state index contributed by atoms with van der Waals surface area (Å²) in [4.78, 5) is 0. The molecular formula is C15H25NO2. The van der Waals surface area contributed by atoms with Crippen molar-refractivity contribution < 1.29 is 9.47 Å². The van der Waals surface area contributed by atoms with Gasteiger partial charge in [0.2, 0.25) is 0 Å². The first-order chi connectivity index (χ1) is 8.61. The van der Waals surface area contributed by atoms with Crippen LogP contribution in [0.1, 0.15) is 33.6 Å². The van der Waals surface area contributed by atoms with Crippen LogP contribution in [0.4, 0.5) is 0 Å². The minimum Gasteiger partial charge on any atom is -0.497 e. The lowest BCUT2D eigenvalue weighted by Crippen LogP contribution is -2.25. The maximum Gasteiger partial charge on any atom is 0.119 e. The summed E-state index contributed by atoms with van der Waals surface area (Å²) in [5, 5.41) is 3.41. The highest BCUT2D eigenvalue weighted by Gasteiger charge is 2.04. The fourth-order valence-corrected chi connectivity index (χ4v) is 1.73. The van der Waals surface area contributed by atoms with Crippen LogP contribution in [-0.4, -0.2) is 25.8 Å². The van der Waals surface area contributed by atoms with Crippen molar-refractivity contribution >= 4 is 0 Å². The first-order valence-electron chi connectivity index (χ1n) is 6.66. The summed E-state index contributed by atoms with van der Waals surface area (Å²) < 4.78 is 10.9. The topological polar surface area (TPSA) is 30.5 Å². The number of methoxy groups -OCH3 is 1. The summed E-state index contributed by atoms with van der Waals surface area (Å²) in [6.45, 7) is 7.49. The van der Waals surface area contributed by atoms with Gasteiger partial charge in [-0.3, -0.25) is 0 Å². The predicted molar refractivity (Wildman–Crippen MR) is 75.5 cm³/mol. The number of hydrogen-bond acceptors (Lipinski definition) is 3. The van der Waals surface area contributed by atoms with Gasteiger partial charge in [0.05, 0.1) is 13.2 Å². The molecule has 0 heterocycles. The van der Waals surface area contributed by atoms with E-state index in [0.717, 1.165) is 30.9 Å². The molecule has 0 fully saturated rings. The minimum absolute atomic E-state index is 0.243. The summed E-state index contributed by atoms with van der Waals surface area (Å²) in [5.74, 6) is 1.76. The van der Waals surface area contributed by atoms with Gasteiger partial charge in [-0.05, 0) is 50.6 Å². The predicted octanol–water partition coefficient (Wildman–Crippen LogP) is 3.24. The summed E-state index contributed by atoms with van der Waals surface area (Å²) in [7, 11) is 1.67. The zero-order valence-electron chi connectivity index (χ0n) is 11.9. The van der Waals surface area contributed by atoms with Crippen molar-refractivity contribution in [3.63, 3.8) is 0 Å². The van der Waals surface area contributed by atoms with E-state index < -0.39 is 0 Å². The third kappa shape index (κ3) is 5.92. The van der Waals surface area contributed by atoms with Crippen molar-refractivity contribution in [1.29, 1.82) is 0 Å². The van der Waals surface area contributed by atoms with Gasteiger partial charge in [0.25, 0.3) is 0 Å². The van der Waals surface area contributed by atoms with Gasteiger partial charge < -0.3 is 14.8 Å². The summed E-state index contributed by atoms with van der Waals surface area (Å²) in [5.41, 5.74) is 0. The van der Waals surface area contributed by atoms with Gasteiger partial charge in [-0.1, -0.05) is 13.8 Å². The van der Waals surface area contributed by atoms with Crippen LogP contribution in [0.25, 0.3) is 0 Å². The molecule has 0 bridgehead atoms. The molecule has 3 nitrogen and oxygen atoms in total. The van der Waals surface area contributed by atoms with Gasteiger partial charge in [0.1, 0.15) is 11.5 Å². The van der Waals surface area contributed by atoms with E-state index >= 15 is 0 Å². The van der Waals surface area contributed by atoms with Crippen LogP contribution in [0.3, 0.4) is 0 Å². The largest absolute Gasteiger partial charge is 0.497 e. The molecule has 3 heteroatoms. The molecule has 1 aromatic carbocycles. The molecule has 0 aromatic heterocycles. The standard InChI is InChI=1S/C15H25NO2/c1-12(2)16-11-5-6-13(3)18-15-9-7-14(17-4)8-10-15/h7-10,12-13,16H,5-6,11H2,1-4H3. The Balaban J connectivity index is 2.24. The Kier molecular flexibility index (Phi) is 6.58. The molecule has 0 radical (unpaired) electrons. The van der Waals surface area contributed by atoms with E-state index in [1.807, 2.05) is 24.3 Å². The Bertz CT molecular complexity index is 322. The average molecular weight is 251 g/mol. The maximum absolute atomic E-state index is 5.84. The van der Waals surface area contributed by atoms with E-state index in [9.17, 15) is 0 Å². The van der Waals surface area contributed by atoms with E-state index in [-0.39, 0.29) is 6.10 Å². The minimum atomic E-state index is 0.243. The number of rotatable bonds is 8. The molecule has 1 unspecified atom stereocenters. The number of benzene rings is 1. The Labute approximate surface area is 110 Å². The lowest BCUT2D eigenvalue weighted by atomic mass is 10.2. The Hall–Kier alpha value is -1.22. The molecule has 0 saturated heterocycles. The summed E-state index contributed by atoms with van der Waals surface area (Å²) >= 11 is 0. The second kappa shape index (κ2) is 7.98. The Morgan fingerprint density at radius 2 is 1.67 bits per heavy atom. The summed E-state index contributed by atoms with van der Waals surface area (Å²) in [6.07, 6.45) is 2.44. The zero-order chi connectivity index (χ0) is 13.4.